The van der Waals surface area contributed by atoms with E-state index >= 15 is 0 Å². The fourth-order valence-electron chi connectivity index (χ4n) is 3.66. The van der Waals surface area contributed by atoms with Crippen molar-refractivity contribution in [2.75, 3.05) is 31.1 Å². The second-order valence-corrected chi connectivity index (χ2v) is 6.53. The van der Waals surface area contributed by atoms with Gasteiger partial charge in [-0.25, -0.2) is 9.97 Å². The third-order valence-electron chi connectivity index (χ3n) is 4.95. The first-order valence-corrected chi connectivity index (χ1v) is 8.79. The molecule has 0 amide bonds. The number of benzene rings is 1. The van der Waals surface area contributed by atoms with E-state index in [2.05, 4.69) is 37.4 Å². The van der Waals surface area contributed by atoms with Gasteiger partial charge in [0, 0.05) is 50.4 Å². The molecule has 0 atom stereocenters. The smallest absolute Gasteiger partial charge is 0.141 e. The quantitative estimate of drug-likeness (QED) is 0.599. The molecule has 5 rings (SSSR count). The van der Waals surface area contributed by atoms with Gasteiger partial charge in [-0.3, -0.25) is 9.67 Å². The Balaban J connectivity index is 1.65. The SMILES string of the molecule is Cn1ncc2cccc(-c3cc4ncnc(N5CCNCC5)c4cn3)c21. The van der Waals surface area contributed by atoms with E-state index in [1.807, 2.05) is 36.3 Å². The van der Waals surface area contributed by atoms with Crippen LogP contribution >= 0.6 is 0 Å². The Morgan fingerprint density at radius 2 is 1.92 bits per heavy atom. The number of aromatic nitrogens is 5. The lowest BCUT2D eigenvalue weighted by Crippen LogP contribution is -2.44. The van der Waals surface area contributed by atoms with Gasteiger partial charge in [-0.15, -0.1) is 0 Å². The van der Waals surface area contributed by atoms with Gasteiger partial charge in [0.05, 0.1) is 28.3 Å². The summed E-state index contributed by atoms with van der Waals surface area (Å²) < 4.78 is 1.89. The first-order chi connectivity index (χ1) is 12.8. The van der Waals surface area contributed by atoms with Gasteiger partial charge in [-0.1, -0.05) is 18.2 Å². The molecule has 7 nitrogen and oxygen atoms in total. The zero-order valence-electron chi connectivity index (χ0n) is 14.6. The van der Waals surface area contributed by atoms with Gasteiger partial charge >= 0.3 is 0 Å². The number of hydrogen-bond donors (Lipinski definition) is 1. The Kier molecular flexibility index (Phi) is 3.53. The van der Waals surface area contributed by atoms with E-state index in [4.69, 9.17) is 4.98 Å². The second-order valence-electron chi connectivity index (χ2n) is 6.53. The van der Waals surface area contributed by atoms with Crippen molar-refractivity contribution in [1.82, 2.24) is 30.0 Å². The summed E-state index contributed by atoms with van der Waals surface area (Å²) in [5.41, 5.74) is 3.96. The van der Waals surface area contributed by atoms with Gasteiger partial charge in [0.25, 0.3) is 0 Å². The molecule has 1 saturated heterocycles. The first-order valence-electron chi connectivity index (χ1n) is 8.79. The maximum absolute atomic E-state index is 4.74. The number of para-hydroxylation sites is 1. The topological polar surface area (TPSA) is 71.8 Å². The molecule has 130 valence electrons. The van der Waals surface area contributed by atoms with E-state index in [1.54, 1.807) is 6.33 Å². The van der Waals surface area contributed by atoms with E-state index in [0.29, 0.717) is 0 Å². The number of fused-ring (bicyclic) bond motifs is 2. The number of nitrogens with one attached hydrogen (secondary N) is 1. The van der Waals surface area contributed by atoms with Crippen LogP contribution in [0, 0.1) is 0 Å². The number of rotatable bonds is 2. The molecule has 0 aliphatic carbocycles. The van der Waals surface area contributed by atoms with Gasteiger partial charge < -0.3 is 10.2 Å². The molecule has 1 aromatic carbocycles. The van der Waals surface area contributed by atoms with E-state index in [0.717, 1.165) is 65.1 Å². The molecule has 3 aromatic heterocycles. The third kappa shape index (κ3) is 2.40. The average molecular weight is 345 g/mol. The van der Waals surface area contributed by atoms with Crippen molar-refractivity contribution in [2.24, 2.45) is 7.05 Å². The van der Waals surface area contributed by atoms with Crippen LogP contribution in [0.1, 0.15) is 0 Å². The first kappa shape index (κ1) is 15.2. The molecule has 1 aliphatic heterocycles. The van der Waals surface area contributed by atoms with Crippen LogP contribution in [0.4, 0.5) is 5.82 Å². The molecule has 1 fully saturated rings. The summed E-state index contributed by atoms with van der Waals surface area (Å²) in [4.78, 5) is 16.1. The minimum Gasteiger partial charge on any atom is -0.353 e. The monoisotopic (exact) mass is 345 g/mol. The highest BCUT2D eigenvalue weighted by atomic mass is 15.3. The van der Waals surface area contributed by atoms with Gasteiger partial charge in [-0.05, 0) is 6.07 Å². The molecule has 26 heavy (non-hydrogen) atoms. The van der Waals surface area contributed by atoms with Crippen LogP contribution < -0.4 is 10.2 Å². The summed E-state index contributed by atoms with van der Waals surface area (Å²) >= 11 is 0. The van der Waals surface area contributed by atoms with Crippen molar-refractivity contribution in [3.05, 3.63) is 43.0 Å². The number of aryl methyl sites for hydroxylation is 1. The van der Waals surface area contributed by atoms with Crippen molar-refractivity contribution in [2.45, 2.75) is 0 Å². The van der Waals surface area contributed by atoms with Crippen LogP contribution in [0.3, 0.4) is 0 Å². The Morgan fingerprint density at radius 1 is 1.04 bits per heavy atom. The normalized spacial score (nSPS) is 15.0. The highest BCUT2D eigenvalue weighted by Crippen LogP contribution is 2.30. The van der Waals surface area contributed by atoms with Crippen LogP contribution in [0.25, 0.3) is 33.1 Å². The predicted molar refractivity (Wildman–Crippen MR) is 102 cm³/mol. The standard InChI is InChI=1S/C19H19N7/c1-25-18-13(10-24-25)3-2-4-14(18)16-9-17-15(11-21-16)19(23-12-22-17)26-7-5-20-6-8-26/h2-4,9-12,20H,5-8H2,1H3. The molecular weight excluding hydrogens is 326 g/mol. The molecule has 4 aromatic rings. The Labute approximate surface area is 150 Å². The van der Waals surface area contributed by atoms with Crippen LogP contribution in [0.5, 0.6) is 0 Å². The largest absolute Gasteiger partial charge is 0.353 e. The molecular formula is C19H19N7. The van der Waals surface area contributed by atoms with Crippen LogP contribution in [-0.2, 0) is 7.05 Å². The summed E-state index contributed by atoms with van der Waals surface area (Å²) in [5.74, 6) is 0.967. The van der Waals surface area contributed by atoms with E-state index in [1.165, 1.54) is 0 Å². The molecule has 0 saturated carbocycles. The van der Waals surface area contributed by atoms with Crippen molar-refractivity contribution in [3.8, 4) is 11.3 Å². The van der Waals surface area contributed by atoms with Crippen LogP contribution in [0.2, 0.25) is 0 Å². The van der Waals surface area contributed by atoms with Gasteiger partial charge in [0.2, 0.25) is 0 Å². The van der Waals surface area contributed by atoms with Gasteiger partial charge in [0.15, 0.2) is 0 Å². The molecule has 0 spiro atoms. The Hall–Kier alpha value is -3.06. The maximum atomic E-state index is 4.74. The molecule has 1 N–H and O–H groups in total. The molecule has 0 bridgehead atoms. The summed E-state index contributed by atoms with van der Waals surface area (Å²) in [6.45, 7) is 3.84. The zero-order chi connectivity index (χ0) is 17.5. The number of piperazine rings is 1. The maximum Gasteiger partial charge on any atom is 0.141 e. The minimum atomic E-state index is 0.900. The van der Waals surface area contributed by atoms with Crippen molar-refractivity contribution in [3.63, 3.8) is 0 Å². The lowest BCUT2D eigenvalue weighted by molar-refractivity contribution is 0.586. The number of pyridine rings is 1. The van der Waals surface area contributed by atoms with Gasteiger partial charge in [0.1, 0.15) is 12.1 Å². The van der Waals surface area contributed by atoms with E-state index in [9.17, 15) is 0 Å². The van der Waals surface area contributed by atoms with E-state index in [-0.39, 0.29) is 0 Å². The second kappa shape index (κ2) is 6.03. The summed E-state index contributed by atoms with van der Waals surface area (Å²) in [6, 6.07) is 8.23. The fraction of sp³-hybridized carbons (Fsp3) is 0.263. The molecule has 1 aliphatic rings. The molecule has 0 radical (unpaired) electrons. The summed E-state index contributed by atoms with van der Waals surface area (Å²) in [7, 11) is 1.96. The molecule has 4 heterocycles. The number of hydrogen-bond acceptors (Lipinski definition) is 6. The average Bonchev–Trinajstić information content (AvgIpc) is 3.09. The van der Waals surface area contributed by atoms with Gasteiger partial charge in [-0.2, -0.15) is 5.10 Å². The van der Waals surface area contributed by atoms with Crippen LogP contribution in [0.15, 0.2) is 43.0 Å². The lowest BCUT2D eigenvalue weighted by atomic mass is 10.1. The lowest BCUT2D eigenvalue weighted by Gasteiger charge is -2.29. The van der Waals surface area contributed by atoms with Crippen molar-refractivity contribution in [1.29, 1.82) is 0 Å². The highest BCUT2D eigenvalue weighted by Gasteiger charge is 2.16. The minimum absolute atomic E-state index is 0.900. The Morgan fingerprint density at radius 3 is 2.81 bits per heavy atom. The van der Waals surface area contributed by atoms with Crippen molar-refractivity contribution >= 4 is 27.6 Å². The molecule has 7 heteroatoms. The summed E-state index contributed by atoms with van der Waals surface area (Å²) in [6.07, 6.45) is 5.43. The summed E-state index contributed by atoms with van der Waals surface area (Å²) in [5, 5.41) is 9.85. The third-order valence-corrected chi connectivity index (χ3v) is 4.95. The fourth-order valence-corrected chi connectivity index (χ4v) is 3.66. The zero-order valence-corrected chi connectivity index (χ0v) is 14.6. The van der Waals surface area contributed by atoms with Crippen molar-refractivity contribution < 1.29 is 0 Å². The predicted octanol–water partition coefficient (Wildman–Crippen LogP) is 1.99. The molecule has 0 unspecified atom stereocenters. The number of nitrogens with zero attached hydrogens (tertiary/aromatic N) is 6. The number of anilines is 1. The van der Waals surface area contributed by atoms with Crippen LogP contribution in [-0.4, -0.2) is 50.9 Å². The highest BCUT2D eigenvalue weighted by molar-refractivity contribution is 5.96. The Bertz CT molecular complexity index is 1100. The van der Waals surface area contributed by atoms with E-state index < -0.39 is 0 Å².